The minimum Gasteiger partial charge on any atom is -0.497 e. The number of carbonyl (C=O) groups excluding carboxylic acids is 1. The lowest BCUT2D eigenvalue weighted by Crippen LogP contribution is -2.23. The first kappa shape index (κ1) is 22.2. The van der Waals surface area contributed by atoms with Crippen LogP contribution in [0.5, 0.6) is 23.0 Å². The average Bonchev–Trinajstić information content (AvgIpc) is 3.53. The van der Waals surface area contributed by atoms with Gasteiger partial charge in [-0.3, -0.25) is 4.79 Å². The Morgan fingerprint density at radius 2 is 1.94 bits per heavy atom. The standard InChI is InChI=1S/C25H23N5O5/c1-15-19(24(31)27-12-17-4-6-18(32-2)11-22(17)33-3)13-28-30(15)25-26-9-8-20(29-25)16-5-7-21-23(10-16)35-14-34-21/h4-11,13H,12,14H2,1-3H3,(H,27,31). The third-order valence-corrected chi connectivity index (χ3v) is 5.69. The molecular formula is C25H23N5O5. The van der Waals surface area contributed by atoms with Crippen LogP contribution in [-0.2, 0) is 6.54 Å². The first-order valence-corrected chi connectivity index (χ1v) is 10.8. The van der Waals surface area contributed by atoms with Gasteiger partial charge in [-0.2, -0.15) is 5.10 Å². The summed E-state index contributed by atoms with van der Waals surface area (Å²) in [5.41, 5.74) is 3.42. The lowest BCUT2D eigenvalue weighted by molar-refractivity contribution is 0.0950. The van der Waals surface area contributed by atoms with E-state index in [1.165, 1.54) is 6.20 Å². The van der Waals surface area contributed by atoms with Crippen molar-refractivity contribution in [2.45, 2.75) is 13.5 Å². The lowest BCUT2D eigenvalue weighted by atomic mass is 10.1. The molecule has 35 heavy (non-hydrogen) atoms. The highest BCUT2D eigenvalue weighted by Crippen LogP contribution is 2.35. The number of fused-ring (bicyclic) bond motifs is 1. The topological polar surface area (TPSA) is 110 Å². The monoisotopic (exact) mass is 473 g/mol. The molecule has 2 aromatic carbocycles. The van der Waals surface area contributed by atoms with Crippen LogP contribution in [0.2, 0.25) is 0 Å². The van der Waals surface area contributed by atoms with Crippen molar-refractivity contribution >= 4 is 5.91 Å². The molecule has 0 fully saturated rings. The molecule has 0 saturated heterocycles. The van der Waals surface area contributed by atoms with Crippen molar-refractivity contribution in [1.82, 2.24) is 25.1 Å². The summed E-state index contributed by atoms with van der Waals surface area (Å²) in [6.07, 6.45) is 3.16. The van der Waals surface area contributed by atoms with E-state index in [1.807, 2.05) is 30.3 Å². The smallest absolute Gasteiger partial charge is 0.255 e. The van der Waals surface area contributed by atoms with E-state index in [0.29, 0.717) is 45.9 Å². The van der Waals surface area contributed by atoms with Crippen LogP contribution < -0.4 is 24.3 Å². The molecule has 1 aliphatic rings. The number of nitrogens with one attached hydrogen (secondary N) is 1. The van der Waals surface area contributed by atoms with Gasteiger partial charge < -0.3 is 24.3 Å². The number of carbonyl (C=O) groups is 1. The highest BCUT2D eigenvalue weighted by atomic mass is 16.7. The van der Waals surface area contributed by atoms with Gasteiger partial charge in [-0.05, 0) is 43.3 Å². The zero-order chi connectivity index (χ0) is 24.4. The Morgan fingerprint density at radius 1 is 1.09 bits per heavy atom. The van der Waals surface area contributed by atoms with Crippen LogP contribution in [0.1, 0.15) is 21.6 Å². The molecule has 1 aliphatic heterocycles. The highest BCUT2D eigenvalue weighted by molar-refractivity contribution is 5.95. The van der Waals surface area contributed by atoms with Crippen LogP contribution in [-0.4, -0.2) is 46.7 Å². The van der Waals surface area contributed by atoms with Crippen LogP contribution in [0, 0.1) is 6.92 Å². The Labute approximate surface area is 201 Å². The minimum absolute atomic E-state index is 0.205. The largest absolute Gasteiger partial charge is 0.497 e. The van der Waals surface area contributed by atoms with E-state index in [1.54, 1.807) is 44.2 Å². The third-order valence-electron chi connectivity index (χ3n) is 5.69. The molecule has 0 spiro atoms. The van der Waals surface area contributed by atoms with Crippen molar-refractivity contribution in [2.24, 2.45) is 0 Å². The summed E-state index contributed by atoms with van der Waals surface area (Å²) in [5, 5.41) is 7.27. The zero-order valence-corrected chi connectivity index (χ0v) is 19.4. The Hall–Kier alpha value is -4.60. The van der Waals surface area contributed by atoms with Gasteiger partial charge in [0.15, 0.2) is 11.5 Å². The summed E-state index contributed by atoms with van der Waals surface area (Å²) < 4.78 is 23.0. The summed E-state index contributed by atoms with van der Waals surface area (Å²) >= 11 is 0. The minimum atomic E-state index is -0.265. The van der Waals surface area contributed by atoms with Crippen LogP contribution in [0.25, 0.3) is 17.2 Å². The maximum atomic E-state index is 12.9. The lowest BCUT2D eigenvalue weighted by Gasteiger charge is -2.11. The van der Waals surface area contributed by atoms with Crippen LogP contribution >= 0.6 is 0 Å². The van der Waals surface area contributed by atoms with Gasteiger partial charge in [0.2, 0.25) is 6.79 Å². The van der Waals surface area contributed by atoms with Gasteiger partial charge in [0.1, 0.15) is 11.5 Å². The average molecular weight is 473 g/mol. The molecular weight excluding hydrogens is 450 g/mol. The van der Waals surface area contributed by atoms with E-state index in [2.05, 4.69) is 20.4 Å². The fourth-order valence-electron chi connectivity index (χ4n) is 3.77. The molecule has 178 valence electrons. The maximum Gasteiger partial charge on any atom is 0.255 e. The molecule has 3 heterocycles. The van der Waals surface area contributed by atoms with Crippen molar-refractivity contribution in [3.63, 3.8) is 0 Å². The first-order valence-electron chi connectivity index (χ1n) is 10.8. The molecule has 10 heteroatoms. The molecule has 1 amide bonds. The number of aromatic nitrogens is 4. The molecule has 4 aromatic rings. The third kappa shape index (κ3) is 4.33. The van der Waals surface area contributed by atoms with Gasteiger partial charge in [0.05, 0.1) is 37.4 Å². The molecule has 5 rings (SSSR count). The van der Waals surface area contributed by atoms with Gasteiger partial charge in [-0.25, -0.2) is 14.6 Å². The number of hydrogen-bond acceptors (Lipinski definition) is 8. The summed E-state index contributed by atoms with van der Waals surface area (Å²) in [5.74, 6) is 2.77. The fraction of sp³-hybridized carbons (Fsp3) is 0.200. The summed E-state index contributed by atoms with van der Waals surface area (Å²) in [6.45, 7) is 2.29. The van der Waals surface area contributed by atoms with Gasteiger partial charge in [0, 0.05) is 29.9 Å². The second kappa shape index (κ2) is 9.34. The number of hydrogen-bond donors (Lipinski definition) is 1. The van der Waals surface area contributed by atoms with Crippen molar-refractivity contribution < 1.29 is 23.7 Å². The summed E-state index contributed by atoms with van der Waals surface area (Å²) in [6, 6.07) is 12.9. The van der Waals surface area contributed by atoms with E-state index in [0.717, 1.165) is 11.1 Å². The predicted molar refractivity (Wildman–Crippen MR) is 126 cm³/mol. The van der Waals surface area contributed by atoms with E-state index in [-0.39, 0.29) is 19.2 Å². The van der Waals surface area contributed by atoms with E-state index >= 15 is 0 Å². The zero-order valence-electron chi connectivity index (χ0n) is 19.4. The molecule has 0 saturated carbocycles. The predicted octanol–water partition coefficient (Wildman–Crippen LogP) is 3.31. The molecule has 10 nitrogen and oxygen atoms in total. The maximum absolute atomic E-state index is 12.9. The molecule has 0 aliphatic carbocycles. The molecule has 0 bridgehead atoms. The van der Waals surface area contributed by atoms with Crippen LogP contribution in [0.3, 0.4) is 0 Å². The number of nitrogens with zero attached hydrogens (tertiary/aromatic N) is 4. The van der Waals surface area contributed by atoms with Crippen molar-refractivity contribution in [3.8, 4) is 40.2 Å². The molecule has 1 N–H and O–H groups in total. The van der Waals surface area contributed by atoms with Crippen molar-refractivity contribution in [3.05, 3.63) is 71.7 Å². The fourth-order valence-corrected chi connectivity index (χ4v) is 3.77. The van der Waals surface area contributed by atoms with Crippen molar-refractivity contribution in [2.75, 3.05) is 21.0 Å². The Morgan fingerprint density at radius 3 is 2.77 bits per heavy atom. The quantitative estimate of drug-likeness (QED) is 0.435. The Balaban J connectivity index is 1.35. The SMILES string of the molecule is COc1ccc(CNC(=O)c2cnn(-c3nccc(-c4ccc5c(c4)OCO5)n3)c2C)c(OC)c1. The molecule has 0 unspecified atom stereocenters. The van der Waals surface area contributed by atoms with Crippen LogP contribution in [0.15, 0.2) is 54.9 Å². The summed E-state index contributed by atoms with van der Waals surface area (Å²) in [4.78, 5) is 21.9. The number of methoxy groups -OCH3 is 2. The Kier molecular flexibility index (Phi) is 5.92. The number of rotatable bonds is 7. The van der Waals surface area contributed by atoms with Gasteiger partial charge in [-0.15, -0.1) is 0 Å². The second-order valence-electron chi connectivity index (χ2n) is 7.73. The molecule has 0 atom stereocenters. The van der Waals surface area contributed by atoms with E-state index in [4.69, 9.17) is 18.9 Å². The van der Waals surface area contributed by atoms with E-state index in [9.17, 15) is 4.79 Å². The molecule has 0 radical (unpaired) electrons. The number of ether oxygens (including phenoxy) is 4. The second-order valence-corrected chi connectivity index (χ2v) is 7.73. The van der Waals surface area contributed by atoms with E-state index < -0.39 is 0 Å². The van der Waals surface area contributed by atoms with Gasteiger partial charge >= 0.3 is 0 Å². The van der Waals surface area contributed by atoms with Crippen molar-refractivity contribution in [1.29, 1.82) is 0 Å². The Bertz CT molecular complexity index is 1400. The first-order chi connectivity index (χ1) is 17.1. The number of amides is 1. The molecule has 2 aromatic heterocycles. The normalized spacial score (nSPS) is 11.9. The summed E-state index contributed by atoms with van der Waals surface area (Å²) in [7, 11) is 3.16. The van der Waals surface area contributed by atoms with Crippen LogP contribution in [0.4, 0.5) is 0 Å². The number of benzene rings is 2. The van der Waals surface area contributed by atoms with Gasteiger partial charge in [-0.1, -0.05) is 0 Å². The highest BCUT2D eigenvalue weighted by Gasteiger charge is 2.19. The van der Waals surface area contributed by atoms with Gasteiger partial charge in [0.25, 0.3) is 11.9 Å².